The average molecular weight is 262 g/mol. The molecule has 0 radical (unpaired) electrons. The van der Waals surface area contributed by atoms with Gasteiger partial charge in [0.2, 0.25) is 0 Å². The molecule has 1 N–H and O–H groups in total. The standard InChI is InChI=1S/C13H18N4O2/c1-3-16(4-2)5-6-17-9-15-11-7-10(13(18)19)8-14-12(11)17/h7-9H,3-6H2,1-2H3,(H,18,19). The Morgan fingerprint density at radius 3 is 2.74 bits per heavy atom. The van der Waals surface area contributed by atoms with Crippen molar-refractivity contribution in [1.82, 2.24) is 19.4 Å². The largest absolute Gasteiger partial charge is 0.478 e. The first-order chi connectivity index (χ1) is 9.15. The van der Waals surface area contributed by atoms with Crippen molar-refractivity contribution in [3.63, 3.8) is 0 Å². The lowest BCUT2D eigenvalue weighted by Crippen LogP contribution is -2.26. The van der Waals surface area contributed by atoms with Gasteiger partial charge in [-0.05, 0) is 19.2 Å². The molecule has 0 unspecified atom stereocenters. The number of carboxylic acids is 1. The zero-order valence-electron chi connectivity index (χ0n) is 11.2. The number of carboxylic acid groups (broad SMARTS) is 1. The van der Waals surface area contributed by atoms with Gasteiger partial charge in [-0.3, -0.25) is 0 Å². The van der Waals surface area contributed by atoms with Crippen LogP contribution in [0.5, 0.6) is 0 Å². The number of hydrogen-bond donors (Lipinski definition) is 1. The Morgan fingerprint density at radius 2 is 2.11 bits per heavy atom. The van der Waals surface area contributed by atoms with E-state index in [9.17, 15) is 4.79 Å². The topological polar surface area (TPSA) is 71.2 Å². The van der Waals surface area contributed by atoms with E-state index in [0.29, 0.717) is 5.52 Å². The summed E-state index contributed by atoms with van der Waals surface area (Å²) in [5, 5.41) is 8.91. The zero-order valence-corrected chi connectivity index (χ0v) is 11.2. The van der Waals surface area contributed by atoms with Gasteiger partial charge in [0, 0.05) is 19.3 Å². The molecule has 0 atom stereocenters. The van der Waals surface area contributed by atoms with E-state index < -0.39 is 5.97 Å². The molecule has 0 aromatic carbocycles. The molecule has 102 valence electrons. The molecule has 0 amide bonds. The van der Waals surface area contributed by atoms with Crippen LogP contribution >= 0.6 is 0 Å². The summed E-state index contributed by atoms with van der Waals surface area (Å²) < 4.78 is 1.96. The lowest BCUT2D eigenvalue weighted by atomic mass is 10.3. The van der Waals surface area contributed by atoms with Crippen molar-refractivity contribution in [3.05, 3.63) is 24.2 Å². The van der Waals surface area contributed by atoms with Crippen molar-refractivity contribution in [2.24, 2.45) is 0 Å². The number of aromatic nitrogens is 3. The SMILES string of the molecule is CCN(CC)CCn1cnc2cc(C(=O)O)cnc21. The summed E-state index contributed by atoms with van der Waals surface area (Å²) in [6.45, 7) is 8.03. The van der Waals surface area contributed by atoms with E-state index in [2.05, 4.69) is 28.7 Å². The summed E-state index contributed by atoms with van der Waals surface area (Å²) in [4.78, 5) is 21.6. The highest BCUT2D eigenvalue weighted by Gasteiger charge is 2.09. The van der Waals surface area contributed by atoms with Gasteiger partial charge < -0.3 is 14.6 Å². The van der Waals surface area contributed by atoms with Gasteiger partial charge >= 0.3 is 5.97 Å². The molecule has 6 nitrogen and oxygen atoms in total. The third-order valence-corrected chi connectivity index (χ3v) is 3.25. The number of fused-ring (bicyclic) bond motifs is 1. The minimum atomic E-state index is -0.980. The number of imidazole rings is 1. The quantitative estimate of drug-likeness (QED) is 0.853. The van der Waals surface area contributed by atoms with Crippen LogP contribution in [0.1, 0.15) is 24.2 Å². The van der Waals surface area contributed by atoms with Crippen LogP contribution in [0, 0.1) is 0 Å². The number of likely N-dealkylation sites (N-methyl/N-ethyl adjacent to an activating group) is 1. The maximum Gasteiger partial charge on any atom is 0.337 e. The van der Waals surface area contributed by atoms with Crippen LogP contribution in [-0.2, 0) is 6.54 Å². The van der Waals surface area contributed by atoms with Gasteiger partial charge in [0.25, 0.3) is 0 Å². The van der Waals surface area contributed by atoms with E-state index in [1.165, 1.54) is 6.20 Å². The van der Waals surface area contributed by atoms with Gasteiger partial charge in [-0.25, -0.2) is 14.8 Å². The van der Waals surface area contributed by atoms with Crippen LogP contribution in [0.2, 0.25) is 0 Å². The van der Waals surface area contributed by atoms with Crippen LogP contribution in [0.3, 0.4) is 0 Å². The third-order valence-electron chi connectivity index (χ3n) is 3.25. The second-order valence-electron chi connectivity index (χ2n) is 4.34. The highest BCUT2D eigenvalue weighted by atomic mass is 16.4. The zero-order chi connectivity index (χ0) is 13.8. The molecule has 0 bridgehead atoms. The summed E-state index contributed by atoms with van der Waals surface area (Å²) in [5.41, 5.74) is 1.53. The number of carbonyl (C=O) groups is 1. The molecule has 0 saturated carbocycles. The first kappa shape index (κ1) is 13.5. The predicted octanol–water partition coefficient (Wildman–Crippen LogP) is 1.47. The van der Waals surface area contributed by atoms with Crippen LogP contribution < -0.4 is 0 Å². The van der Waals surface area contributed by atoms with Crippen LogP contribution in [0.4, 0.5) is 0 Å². The summed E-state index contributed by atoms with van der Waals surface area (Å²) in [6, 6.07) is 1.55. The fraction of sp³-hybridized carbons (Fsp3) is 0.462. The van der Waals surface area contributed by atoms with Crippen molar-refractivity contribution in [3.8, 4) is 0 Å². The molecule has 19 heavy (non-hydrogen) atoms. The second-order valence-corrected chi connectivity index (χ2v) is 4.34. The molecule has 2 aromatic heterocycles. The number of nitrogens with zero attached hydrogens (tertiary/aromatic N) is 4. The summed E-state index contributed by atoms with van der Waals surface area (Å²) in [6.07, 6.45) is 3.09. The van der Waals surface area contributed by atoms with E-state index >= 15 is 0 Å². The second kappa shape index (κ2) is 5.79. The van der Waals surface area contributed by atoms with Gasteiger partial charge in [-0.1, -0.05) is 13.8 Å². The fourth-order valence-electron chi connectivity index (χ4n) is 2.02. The van der Waals surface area contributed by atoms with Crippen LogP contribution in [0.25, 0.3) is 11.2 Å². The van der Waals surface area contributed by atoms with Crippen LogP contribution in [-0.4, -0.2) is 50.1 Å². The van der Waals surface area contributed by atoms with E-state index in [0.717, 1.165) is 31.8 Å². The normalized spacial score (nSPS) is 11.3. The maximum atomic E-state index is 10.9. The molecule has 0 aliphatic heterocycles. The maximum absolute atomic E-state index is 10.9. The molecule has 0 saturated heterocycles. The van der Waals surface area contributed by atoms with Gasteiger partial charge in [0.15, 0.2) is 5.65 Å². The molecule has 6 heteroatoms. The predicted molar refractivity (Wildman–Crippen MR) is 72.3 cm³/mol. The lowest BCUT2D eigenvalue weighted by Gasteiger charge is -2.17. The summed E-state index contributed by atoms with van der Waals surface area (Å²) >= 11 is 0. The Labute approximate surface area is 111 Å². The monoisotopic (exact) mass is 262 g/mol. The average Bonchev–Trinajstić information content (AvgIpc) is 2.82. The summed E-state index contributed by atoms with van der Waals surface area (Å²) in [5.74, 6) is -0.980. The van der Waals surface area contributed by atoms with Crippen molar-refractivity contribution in [2.45, 2.75) is 20.4 Å². The molecule has 2 heterocycles. The minimum absolute atomic E-state index is 0.168. The smallest absolute Gasteiger partial charge is 0.337 e. The highest BCUT2D eigenvalue weighted by Crippen LogP contribution is 2.12. The minimum Gasteiger partial charge on any atom is -0.478 e. The number of aromatic carboxylic acids is 1. The Bertz CT molecular complexity index is 575. The molecule has 0 aliphatic carbocycles. The Hall–Kier alpha value is -1.95. The molecule has 0 aliphatic rings. The van der Waals surface area contributed by atoms with Gasteiger partial charge in [-0.2, -0.15) is 0 Å². The third kappa shape index (κ3) is 2.90. The molecular formula is C13H18N4O2. The molecule has 2 rings (SSSR count). The number of pyridine rings is 1. The van der Waals surface area contributed by atoms with E-state index in [4.69, 9.17) is 5.11 Å². The van der Waals surface area contributed by atoms with E-state index in [1.54, 1.807) is 12.4 Å². The number of hydrogen-bond acceptors (Lipinski definition) is 4. The highest BCUT2D eigenvalue weighted by molar-refractivity contribution is 5.90. The van der Waals surface area contributed by atoms with Gasteiger partial charge in [0.05, 0.1) is 11.9 Å². The van der Waals surface area contributed by atoms with Gasteiger partial charge in [0.1, 0.15) is 5.52 Å². The Morgan fingerprint density at radius 1 is 1.37 bits per heavy atom. The molecule has 0 spiro atoms. The van der Waals surface area contributed by atoms with E-state index in [-0.39, 0.29) is 5.56 Å². The first-order valence-corrected chi connectivity index (χ1v) is 6.42. The first-order valence-electron chi connectivity index (χ1n) is 6.42. The Balaban J connectivity index is 2.19. The lowest BCUT2D eigenvalue weighted by molar-refractivity contribution is 0.0696. The number of rotatable bonds is 6. The Kier molecular flexibility index (Phi) is 4.11. The van der Waals surface area contributed by atoms with E-state index in [1.807, 2.05) is 4.57 Å². The summed E-state index contributed by atoms with van der Waals surface area (Å²) in [7, 11) is 0. The van der Waals surface area contributed by atoms with Crippen molar-refractivity contribution >= 4 is 17.1 Å². The molecule has 0 fully saturated rings. The van der Waals surface area contributed by atoms with Crippen molar-refractivity contribution in [1.29, 1.82) is 0 Å². The molecular weight excluding hydrogens is 244 g/mol. The van der Waals surface area contributed by atoms with Crippen molar-refractivity contribution < 1.29 is 9.90 Å². The van der Waals surface area contributed by atoms with Crippen LogP contribution in [0.15, 0.2) is 18.6 Å². The van der Waals surface area contributed by atoms with Gasteiger partial charge in [-0.15, -0.1) is 0 Å². The fourth-order valence-corrected chi connectivity index (χ4v) is 2.02. The van der Waals surface area contributed by atoms with Crippen molar-refractivity contribution in [2.75, 3.05) is 19.6 Å². The molecule has 2 aromatic rings.